The zero-order valence-electron chi connectivity index (χ0n) is 14.8. The summed E-state index contributed by atoms with van der Waals surface area (Å²) in [5.41, 5.74) is -0.443. The highest BCUT2D eigenvalue weighted by Crippen LogP contribution is 2.17. The Hall–Kier alpha value is -0.473. The third-order valence-electron chi connectivity index (χ3n) is 3.16. The molecule has 6 nitrogen and oxygen atoms in total. The topological polar surface area (TPSA) is 54.0 Å². The first-order chi connectivity index (χ1) is 9.49. The molecule has 0 aromatic heterocycles. The van der Waals surface area contributed by atoms with Gasteiger partial charge in [-0.2, -0.15) is 0 Å². The van der Waals surface area contributed by atoms with Crippen LogP contribution in [0.2, 0.25) is 6.04 Å². The van der Waals surface area contributed by atoms with Crippen LogP contribution in [0.3, 0.4) is 0 Å². The maximum Gasteiger partial charge on any atom is 0.500 e. The molecule has 0 fully saturated rings. The number of carbonyl (C=O) groups excluding carboxylic acids is 1. The molecule has 7 heteroatoms. The quantitative estimate of drug-likeness (QED) is 0.367. The molecule has 0 bridgehead atoms. The van der Waals surface area contributed by atoms with Crippen LogP contribution in [0.15, 0.2) is 0 Å². The number of nitrogens with zero attached hydrogens (tertiary/aromatic N) is 1. The maximum atomic E-state index is 11.9. The minimum Gasteiger partial charge on any atom is -0.456 e. The van der Waals surface area contributed by atoms with E-state index in [0.717, 1.165) is 19.0 Å². The second-order valence-electron chi connectivity index (χ2n) is 6.80. The molecule has 0 unspecified atom stereocenters. The summed E-state index contributed by atoms with van der Waals surface area (Å²) in [6, 6.07) is 0.729. The van der Waals surface area contributed by atoms with Crippen LogP contribution >= 0.6 is 0 Å². The van der Waals surface area contributed by atoms with Crippen LogP contribution in [0.4, 0.5) is 0 Å². The number of quaternary nitrogens is 1. The molecule has 21 heavy (non-hydrogen) atoms. The van der Waals surface area contributed by atoms with Crippen LogP contribution in [-0.4, -0.2) is 73.4 Å². The first-order valence-corrected chi connectivity index (χ1v) is 9.12. The van der Waals surface area contributed by atoms with Crippen LogP contribution in [0.5, 0.6) is 0 Å². The third kappa shape index (κ3) is 8.52. The van der Waals surface area contributed by atoms with Gasteiger partial charge in [0.1, 0.15) is 5.60 Å². The average molecular weight is 322 g/mol. The minimum atomic E-state index is -2.52. The van der Waals surface area contributed by atoms with Gasteiger partial charge in [-0.15, -0.1) is 0 Å². The number of rotatable bonds is 9. The monoisotopic (exact) mass is 322 g/mol. The van der Waals surface area contributed by atoms with E-state index in [9.17, 15) is 4.79 Å². The van der Waals surface area contributed by atoms with Gasteiger partial charge in [0.25, 0.3) is 0 Å². The molecule has 0 amide bonds. The van der Waals surface area contributed by atoms with Crippen molar-refractivity contribution in [3.63, 3.8) is 0 Å². The Bertz CT molecular complexity index is 316. The molecule has 0 aliphatic rings. The number of likely N-dealkylation sites (N-methyl/N-ethyl adjacent to an activating group) is 1. The van der Waals surface area contributed by atoms with Crippen molar-refractivity contribution in [2.45, 2.75) is 38.8 Å². The van der Waals surface area contributed by atoms with Crippen LogP contribution in [0, 0.1) is 0 Å². The van der Waals surface area contributed by atoms with E-state index in [1.165, 1.54) is 0 Å². The standard InChI is InChI=1S/C14H32NO5Si/c1-14(2,3)20-13(16)12-15(4,5)10-9-11-21(17-6,18-7)19-8/h9-12H2,1-8H3/q+1. The zero-order chi connectivity index (χ0) is 16.7. The molecule has 0 saturated carbocycles. The van der Waals surface area contributed by atoms with Crippen molar-refractivity contribution in [3.8, 4) is 0 Å². The van der Waals surface area contributed by atoms with E-state index in [1.807, 2.05) is 34.9 Å². The van der Waals surface area contributed by atoms with Gasteiger partial charge in [-0.1, -0.05) is 0 Å². The molecule has 0 radical (unpaired) electrons. The molecule has 0 aliphatic heterocycles. The van der Waals surface area contributed by atoms with E-state index in [2.05, 4.69) is 0 Å². The molecule has 0 rings (SSSR count). The van der Waals surface area contributed by atoms with E-state index in [4.69, 9.17) is 18.0 Å². The van der Waals surface area contributed by atoms with Gasteiger partial charge >= 0.3 is 14.8 Å². The summed E-state index contributed by atoms with van der Waals surface area (Å²) in [5, 5.41) is 0. The van der Waals surface area contributed by atoms with Gasteiger partial charge in [0.05, 0.1) is 20.6 Å². The molecule has 126 valence electrons. The number of hydrogen-bond acceptors (Lipinski definition) is 5. The number of hydrogen-bond donors (Lipinski definition) is 0. The molecule has 0 aliphatic carbocycles. The van der Waals surface area contributed by atoms with Gasteiger partial charge in [0.2, 0.25) is 0 Å². The van der Waals surface area contributed by atoms with Crippen LogP contribution in [0.1, 0.15) is 27.2 Å². The molecule has 0 aromatic rings. The fourth-order valence-corrected chi connectivity index (χ4v) is 3.79. The lowest BCUT2D eigenvalue weighted by Gasteiger charge is -2.31. The van der Waals surface area contributed by atoms with Crippen LogP contribution < -0.4 is 0 Å². The minimum absolute atomic E-state index is 0.179. The number of carbonyl (C=O) groups is 1. The first kappa shape index (κ1) is 20.5. The van der Waals surface area contributed by atoms with E-state index >= 15 is 0 Å². The Morgan fingerprint density at radius 2 is 1.52 bits per heavy atom. The smallest absolute Gasteiger partial charge is 0.456 e. The largest absolute Gasteiger partial charge is 0.500 e. The Labute approximate surface area is 130 Å². The third-order valence-corrected chi connectivity index (χ3v) is 5.99. The lowest BCUT2D eigenvalue weighted by molar-refractivity contribution is -0.883. The lowest BCUT2D eigenvalue weighted by atomic mass is 10.2. The molecular formula is C14H32NO5Si+. The van der Waals surface area contributed by atoms with Crippen molar-refractivity contribution in [1.82, 2.24) is 0 Å². The Morgan fingerprint density at radius 3 is 1.90 bits per heavy atom. The van der Waals surface area contributed by atoms with Gasteiger partial charge < -0.3 is 22.5 Å². The molecule has 0 heterocycles. The van der Waals surface area contributed by atoms with Gasteiger partial charge in [0, 0.05) is 33.8 Å². The molecule has 0 aromatic carbocycles. The van der Waals surface area contributed by atoms with Gasteiger partial charge in [0.15, 0.2) is 6.54 Å². The highest BCUT2D eigenvalue weighted by Gasteiger charge is 2.38. The van der Waals surface area contributed by atoms with Gasteiger partial charge in [-0.25, -0.2) is 4.79 Å². The maximum absolute atomic E-state index is 11.9. The van der Waals surface area contributed by atoms with Crippen LogP contribution in [0.25, 0.3) is 0 Å². The highest BCUT2D eigenvalue weighted by atomic mass is 28.4. The van der Waals surface area contributed by atoms with Crippen molar-refractivity contribution < 1.29 is 27.3 Å². The van der Waals surface area contributed by atoms with Crippen molar-refractivity contribution in [2.75, 3.05) is 48.5 Å². The Balaban J connectivity index is 4.33. The van der Waals surface area contributed by atoms with Crippen molar-refractivity contribution in [3.05, 3.63) is 0 Å². The predicted molar refractivity (Wildman–Crippen MR) is 83.9 cm³/mol. The second-order valence-corrected chi connectivity index (χ2v) is 9.89. The Morgan fingerprint density at radius 1 is 1.05 bits per heavy atom. The van der Waals surface area contributed by atoms with Gasteiger partial charge in [-0.05, 0) is 20.8 Å². The summed E-state index contributed by atoms with van der Waals surface area (Å²) < 4.78 is 22.1. The van der Waals surface area contributed by atoms with Crippen LogP contribution in [-0.2, 0) is 22.8 Å². The summed E-state index contributed by atoms with van der Waals surface area (Å²) in [7, 11) is 6.34. The summed E-state index contributed by atoms with van der Waals surface area (Å²) in [6.45, 7) is 6.80. The van der Waals surface area contributed by atoms with E-state index < -0.39 is 14.4 Å². The average Bonchev–Trinajstić information content (AvgIpc) is 2.32. The second kappa shape index (κ2) is 8.24. The van der Waals surface area contributed by atoms with Crippen molar-refractivity contribution in [2.24, 2.45) is 0 Å². The highest BCUT2D eigenvalue weighted by molar-refractivity contribution is 6.60. The Kier molecular flexibility index (Phi) is 8.05. The summed E-state index contributed by atoms with van der Waals surface area (Å²) in [4.78, 5) is 11.9. The molecule has 0 saturated heterocycles. The van der Waals surface area contributed by atoms with Crippen molar-refractivity contribution >= 4 is 14.8 Å². The van der Waals surface area contributed by atoms with E-state index in [0.29, 0.717) is 11.0 Å². The molecule has 0 N–H and O–H groups in total. The fourth-order valence-electron chi connectivity index (χ4n) is 2.08. The SMILES string of the molecule is CO[Si](CCC[N+](C)(C)CC(=O)OC(C)(C)C)(OC)OC. The summed E-state index contributed by atoms with van der Waals surface area (Å²) in [6.07, 6.45) is 0.859. The summed E-state index contributed by atoms with van der Waals surface area (Å²) in [5.74, 6) is -0.179. The van der Waals surface area contributed by atoms with E-state index in [1.54, 1.807) is 21.3 Å². The molecular weight excluding hydrogens is 290 g/mol. The van der Waals surface area contributed by atoms with E-state index in [-0.39, 0.29) is 5.97 Å². The fraction of sp³-hybridized carbons (Fsp3) is 0.929. The number of ether oxygens (including phenoxy) is 1. The van der Waals surface area contributed by atoms with Gasteiger partial charge in [-0.3, -0.25) is 0 Å². The zero-order valence-corrected chi connectivity index (χ0v) is 15.8. The van der Waals surface area contributed by atoms with Crippen molar-refractivity contribution in [1.29, 1.82) is 0 Å². The number of esters is 1. The normalized spacial score (nSPS) is 13.3. The molecule has 0 spiro atoms. The lowest BCUT2D eigenvalue weighted by Crippen LogP contribution is -2.48. The molecule has 0 atom stereocenters. The summed E-state index contributed by atoms with van der Waals surface area (Å²) >= 11 is 0. The predicted octanol–water partition coefficient (Wildman–Crippen LogP) is 1.67. The first-order valence-electron chi connectivity index (χ1n) is 7.18.